The van der Waals surface area contributed by atoms with Crippen molar-refractivity contribution in [3.63, 3.8) is 0 Å². The summed E-state index contributed by atoms with van der Waals surface area (Å²) in [7, 11) is 1.52. The normalized spacial score (nSPS) is 23.6. The van der Waals surface area contributed by atoms with E-state index in [9.17, 15) is 14.4 Å². The third-order valence-corrected chi connectivity index (χ3v) is 5.21. The number of anilines is 1. The number of methoxy groups -OCH3 is 1. The number of amides is 2. The van der Waals surface area contributed by atoms with Crippen LogP contribution in [0.5, 0.6) is 5.75 Å². The third-order valence-electron chi connectivity index (χ3n) is 5.21. The largest absolute Gasteiger partial charge is 0.495 e. The van der Waals surface area contributed by atoms with Gasteiger partial charge >= 0.3 is 5.97 Å². The smallest absolute Gasteiger partial charge is 0.310 e. The van der Waals surface area contributed by atoms with Crippen molar-refractivity contribution in [3.05, 3.63) is 23.8 Å². The van der Waals surface area contributed by atoms with Crippen LogP contribution < -0.4 is 9.64 Å². The zero-order valence-corrected chi connectivity index (χ0v) is 16.1. The van der Waals surface area contributed by atoms with Gasteiger partial charge in [0.15, 0.2) is 0 Å². The van der Waals surface area contributed by atoms with Gasteiger partial charge in [0.25, 0.3) is 5.91 Å². The molecule has 0 spiro atoms. The van der Waals surface area contributed by atoms with Crippen molar-refractivity contribution < 1.29 is 23.9 Å². The number of esters is 1. The van der Waals surface area contributed by atoms with Crippen LogP contribution in [0.1, 0.15) is 31.7 Å². The van der Waals surface area contributed by atoms with E-state index in [1.54, 1.807) is 19.1 Å². The van der Waals surface area contributed by atoms with Gasteiger partial charge in [-0.1, -0.05) is 6.07 Å². The molecule has 2 heterocycles. The second-order valence-electron chi connectivity index (χ2n) is 7.05. The standard InChI is InChI=1S/C20H26N2O5/c1-4-27-20(25)14-6-5-9-21(12-14)16-11-18(23)22(19(16)24)15-10-13(2)7-8-17(15)26-3/h7-8,10,14,16H,4-6,9,11-12H2,1-3H3/t14-,16-/m0/s1. The highest BCUT2D eigenvalue weighted by Crippen LogP contribution is 2.35. The molecular formula is C20H26N2O5. The minimum atomic E-state index is -0.542. The maximum absolute atomic E-state index is 13.1. The quantitative estimate of drug-likeness (QED) is 0.579. The first-order chi connectivity index (χ1) is 13.0. The van der Waals surface area contributed by atoms with Gasteiger partial charge in [-0.05, 0) is 50.9 Å². The Kier molecular flexibility index (Phi) is 5.79. The minimum absolute atomic E-state index is 0.117. The number of likely N-dealkylation sites (tertiary alicyclic amines) is 1. The van der Waals surface area contributed by atoms with Crippen LogP contribution in [-0.4, -0.2) is 55.5 Å². The number of carbonyl (C=O) groups excluding carboxylic acids is 3. The fourth-order valence-electron chi connectivity index (χ4n) is 3.87. The summed E-state index contributed by atoms with van der Waals surface area (Å²) < 4.78 is 10.5. The van der Waals surface area contributed by atoms with E-state index in [2.05, 4.69) is 0 Å². The van der Waals surface area contributed by atoms with Crippen molar-refractivity contribution in [1.29, 1.82) is 0 Å². The van der Waals surface area contributed by atoms with Gasteiger partial charge in [0.2, 0.25) is 5.91 Å². The monoisotopic (exact) mass is 374 g/mol. The predicted molar refractivity (Wildman–Crippen MR) is 99.6 cm³/mol. The minimum Gasteiger partial charge on any atom is -0.495 e. The Bertz CT molecular complexity index is 748. The Balaban J connectivity index is 1.80. The van der Waals surface area contributed by atoms with E-state index >= 15 is 0 Å². The number of nitrogens with zero attached hydrogens (tertiary/aromatic N) is 2. The lowest BCUT2D eigenvalue weighted by atomic mass is 9.96. The van der Waals surface area contributed by atoms with Crippen LogP contribution in [0.15, 0.2) is 18.2 Å². The van der Waals surface area contributed by atoms with Crippen LogP contribution in [0.25, 0.3) is 0 Å². The molecule has 0 aliphatic carbocycles. The summed E-state index contributed by atoms with van der Waals surface area (Å²) in [5.41, 5.74) is 1.42. The molecule has 1 aromatic carbocycles. The second kappa shape index (κ2) is 8.08. The molecule has 2 atom stereocenters. The van der Waals surface area contributed by atoms with Crippen LogP contribution in [0, 0.1) is 12.8 Å². The average Bonchev–Trinajstić information content (AvgIpc) is 2.96. The summed E-state index contributed by atoms with van der Waals surface area (Å²) in [5.74, 6) is -0.480. The number of hydrogen-bond donors (Lipinski definition) is 0. The van der Waals surface area contributed by atoms with Crippen LogP contribution in [-0.2, 0) is 19.1 Å². The Morgan fingerprint density at radius 3 is 2.78 bits per heavy atom. The van der Waals surface area contributed by atoms with E-state index in [1.165, 1.54) is 12.0 Å². The average molecular weight is 374 g/mol. The van der Waals surface area contributed by atoms with E-state index in [1.807, 2.05) is 17.9 Å². The lowest BCUT2D eigenvalue weighted by Crippen LogP contribution is -2.48. The number of aryl methyl sites for hydroxylation is 1. The molecule has 0 unspecified atom stereocenters. The Hall–Kier alpha value is -2.41. The first-order valence-corrected chi connectivity index (χ1v) is 9.38. The van der Waals surface area contributed by atoms with Crippen molar-refractivity contribution in [3.8, 4) is 5.75 Å². The molecule has 3 rings (SSSR count). The molecule has 0 saturated carbocycles. The number of benzene rings is 1. The Morgan fingerprint density at radius 2 is 2.07 bits per heavy atom. The predicted octanol–water partition coefficient (Wildman–Crippen LogP) is 1.91. The molecule has 27 heavy (non-hydrogen) atoms. The van der Waals surface area contributed by atoms with Crippen molar-refractivity contribution in [2.45, 2.75) is 39.2 Å². The molecule has 2 aliphatic rings. The van der Waals surface area contributed by atoms with Gasteiger partial charge in [0.1, 0.15) is 5.75 Å². The van der Waals surface area contributed by atoms with E-state index < -0.39 is 6.04 Å². The number of hydrogen-bond acceptors (Lipinski definition) is 6. The summed E-state index contributed by atoms with van der Waals surface area (Å²) in [6.45, 7) is 5.17. The summed E-state index contributed by atoms with van der Waals surface area (Å²) in [6, 6.07) is 4.88. The highest BCUT2D eigenvalue weighted by Gasteiger charge is 2.45. The number of carbonyl (C=O) groups is 3. The molecule has 7 nitrogen and oxygen atoms in total. The van der Waals surface area contributed by atoms with Gasteiger partial charge in [-0.25, -0.2) is 4.90 Å². The van der Waals surface area contributed by atoms with E-state index in [-0.39, 0.29) is 30.1 Å². The summed E-state index contributed by atoms with van der Waals surface area (Å²) in [4.78, 5) is 41.0. The van der Waals surface area contributed by atoms with Crippen molar-refractivity contribution >= 4 is 23.5 Å². The molecule has 0 N–H and O–H groups in total. The summed E-state index contributed by atoms with van der Waals surface area (Å²) in [5, 5.41) is 0. The first kappa shape index (κ1) is 19.4. The van der Waals surface area contributed by atoms with Crippen LogP contribution in [0.2, 0.25) is 0 Å². The SMILES string of the molecule is CCOC(=O)[C@H]1CCCN([C@H]2CC(=O)N(c3cc(C)ccc3OC)C2=O)C1. The van der Waals surface area contributed by atoms with Gasteiger partial charge in [0, 0.05) is 6.54 Å². The summed E-state index contributed by atoms with van der Waals surface area (Å²) in [6.07, 6.45) is 1.67. The molecule has 2 amide bonds. The van der Waals surface area contributed by atoms with Crippen LogP contribution in [0.3, 0.4) is 0 Å². The molecule has 2 fully saturated rings. The fraction of sp³-hybridized carbons (Fsp3) is 0.550. The zero-order valence-electron chi connectivity index (χ0n) is 16.1. The second-order valence-corrected chi connectivity index (χ2v) is 7.05. The van der Waals surface area contributed by atoms with Gasteiger partial charge < -0.3 is 9.47 Å². The highest BCUT2D eigenvalue weighted by atomic mass is 16.5. The molecule has 0 radical (unpaired) electrons. The van der Waals surface area contributed by atoms with Crippen LogP contribution >= 0.6 is 0 Å². The highest BCUT2D eigenvalue weighted by molar-refractivity contribution is 6.23. The van der Waals surface area contributed by atoms with Crippen LogP contribution in [0.4, 0.5) is 5.69 Å². The molecule has 2 saturated heterocycles. The molecular weight excluding hydrogens is 348 g/mol. The van der Waals surface area contributed by atoms with Crippen molar-refractivity contribution in [1.82, 2.24) is 4.90 Å². The van der Waals surface area contributed by atoms with Gasteiger partial charge in [-0.2, -0.15) is 0 Å². The van der Waals surface area contributed by atoms with Crippen molar-refractivity contribution in [2.75, 3.05) is 31.7 Å². The topological polar surface area (TPSA) is 76.2 Å². The zero-order chi connectivity index (χ0) is 19.6. The first-order valence-electron chi connectivity index (χ1n) is 9.38. The molecule has 1 aromatic rings. The molecule has 2 aliphatic heterocycles. The van der Waals surface area contributed by atoms with Gasteiger partial charge in [0.05, 0.1) is 37.8 Å². The number of imide groups is 1. The maximum atomic E-state index is 13.1. The van der Waals surface area contributed by atoms with Crippen molar-refractivity contribution in [2.24, 2.45) is 5.92 Å². The number of piperidine rings is 1. The molecule has 0 aromatic heterocycles. The third kappa shape index (κ3) is 3.83. The number of ether oxygens (including phenoxy) is 2. The van der Waals surface area contributed by atoms with E-state index in [0.717, 1.165) is 18.4 Å². The lowest BCUT2D eigenvalue weighted by Gasteiger charge is -2.34. The fourth-order valence-corrected chi connectivity index (χ4v) is 3.87. The maximum Gasteiger partial charge on any atom is 0.310 e. The van der Waals surface area contributed by atoms with E-state index in [0.29, 0.717) is 31.1 Å². The number of rotatable bonds is 5. The lowest BCUT2D eigenvalue weighted by molar-refractivity contribution is -0.150. The molecule has 7 heteroatoms. The summed E-state index contributed by atoms with van der Waals surface area (Å²) >= 11 is 0. The Labute approximate surface area is 159 Å². The van der Waals surface area contributed by atoms with Gasteiger partial charge in [-0.3, -0.25) is 19.3 Å². The molecule has 146 valence electrons. The van der Waals surface area contributed by atoms with Gasteiger partial charge in [-0.15, -0.1) is 0 Å². The van der Waals surface area contributed by atoms with E-state index in [4.69, 9.17) is 9.47 Å². The molecule has 0 bridgehead atoms. The Morgan fingerprint density at radius 1 is 1.30 bits per heavy atom.